The van der Waals surface area contributed by atoms with E-state index in [9.17, 15) is 9.59 Å². The summed E-state index contributed by atoms with van der Waals surface area (Å²) in [5.41, 5.74) is 2.00. The Morgan fingerprint density at radius 3 is 2.60 bits per heavy atom. The highest BCUT2D eigenvalue weighted by Gasteiger charge is 2.38. The fourth-order valence-electron chi connectivity index (χ4n) is 2.67. The standard InChI is InChI=1S/C19H19NO4S/c1-23-16-9-7-14(8-10-16)12-25-13-18(21)20-17(11-24-19(20)22)15-5-3-2-4-6-15/h2-10,17H,11-13H2,1H3/t17-/m1/s1. The molecule has 6 heteroatoms. The SMILES string of the molecule is COc1ccc(CSCC(=O)N2C(=O)OC[C@@H]2c2ccccc2)cc1. The van der Waals surface area contributed by atoms with Crippen LogP contribution in [0.1, 0.15) is 17.2 Å². The molecule has 2 aromatic carbocycles. The number of ether oxygens (including phenoxy) is 2. The molecular weight excluding hydrogens is 338 g/mol. The first-order valence-corrected chi connectivity index (χ1v) is 9.09. The third-order valence-electron chi connectivity index (χ3n) is 3.98. The largest absolute Gasteiger partial charge is 0.497 e. The van der Waals surface area contributed by atoms with Crippen LogP contribution in [-0.4, -0.2) is 36.4 Å². The molecule has 0 radical (unpaired) electrons. The van der Waals surface area contributed by atoms with Crippen molar-refractivity contribution in [3.63, 3.8) is 0 Å². The lowest BCUT2D eigenvalue weighted by Crippen LogP contribution is -2.35. The summed E-state index contributed by atoms with van der Waals surface area (Å²) in [6, 6.07) is 16.8. The second-order valence-electron chi connectivity index (χ2n) is 5.61. The second-order valence-corrected chi connectivity index (χ2v) is 6.59. The number of carbonyl (C=O) groups excluding carboxylic acids is 2. The fourth-order valence-corrected chi connectivity index (χ4v) is 3.51. The molecule has 2 aromatic rings. The maximum atomic E-state index is 12.5. The molecular formula is C19H19NO4S. The number of cyclic esters (lactones) is 1. The predicted octanol–water partition coefficient (Wildman–Crippen LogP) is 3.65. The van der Waals surface area contributed by atoms with Crippen molar-refractivity contribution in [3.05, 3.63) is 65.7 Å². The Morgan fingerprint density at radius 1 is 1.20 bits per heavy atom. The van der Waals surface area contributed by atoms with E-state index in [0.29, 0.717) is 5.75 Å². The highest BCUT2D eigenvalue weighted by molar-refractivity contribution is 7.99. The van der Waals surface area contributed by atoms with Gasteiger partial charge in [0.2, 0.25) is 5.91 Å². The van der Waals surface area contributed by atoms with E-state index in [4.69, 9.17) is 9.47 Å². The molecule has 1 aliphatic rings. The highest BCUT2D eigenvalue weighted by Crippen LogP contribution is 2.28. The number of nitrogens with zero attached hydrogens (tertiary/aromatic N) is 1. The molecule has 5 nitrogen and oxygen atoms in total. The highest BCUT2D eigenvalue weighted by atomic mass is 32.2. The molecule has 2 amide bonds. The lowest BCUT2D eigenvalue weighted by atomic mass is 10.1. The van der Waals surface area contributed by atoms with Gasteiger partial charge in [-0.1, -0.05) is 42.5 Å². The van der Waals surface area contributed by atoms with Gasteiger partial charge in [0.25, 0.3) is 0 Å². The molecule has 25 heavy (non-hydrogen) atoms. The van der Waals surface area contributed by atoms with Crippen molar-refractivity contribution in [1.82, 2.24) is 4.90 Å². The van der Waals surface area contributed by atoms with E-state index in [1.807, 2.05) is 54.6 Å². The van der Waals surface area contributed by atoms with Gasteiger partial charge in [0, 0.05) is 5.75 Å². The van der Waals surface area contributed by atoms with Crippen molar-refractivity contribution in [2.45, 2.75) is 11.8 Å². The zero-order chi connectivity index (χ0) is 17.6. The van der Waals surface area contributed by atoms with Crippen LogP contribution in [0.4, 0.5) is 4.79 Å². The average molecular weight is 357 g/mol. The van der Waals surface area contributed by atoms with Gasteiger partial charge >= 0.3 is 6.09 Å². The smallest absolute Gasteiger partial charge is 0.417 e. The third-order valence-corrected chi connectivity index (χ3v) is 4.97. The lowest BCUT2D eigenvalue weighted by molar-refractivity contribution is -0.126. The first-order valence-electron chi connectivity index (χ1n) is 7.93. The van der Waals surface area contributed by atoms with Crippen molar-refractivity contribution in [3.8, 4) is 5.75 Å². The van der Waals surface area contributed by atoms with E-state index >= 15 is 0 Å². The molecule has 0 bridgehead atoms. The van der Waals surface area contributed by atoms with Crippen molar-refractivity contribution < 1.29 is 19.1 Å². The fraction of sp³-hybridized carbons (Fsp3) is 0.263. The van der Waals surface area contributed by atoms with Crippen LogP contribution in [0.15, 0.2) is 54.6 Å². The molecule has 0 unspecified atom stereocenters. The van der Waals surface area contributed by atoms with Gasteiger partial charge in [0.05, 0.1) is 12.9 Å². The van der Waals surface area contributed by atoms with Gasteiger partial charge in [-0.25, -0.2) is 9.69 Å². The topological polar surface area (TPSA) is 55.8 Å². The molecule has 1 fully saturated rings. The Balaban J connectivity index is 1.58. The molecule has 0 aromatic heterocycles. The summed E-state index contributed by atoms with van der Waals surface area (Å²) in [5, 5.41) is 0. The zero-order valence-corrected chi connectivity index (χ0v) is 14.7. The number of benzene rings is 2. The number of imide groups is 1. The normalized spacial score (nSPS) is 16.6. The first kappa shape index (κ1) is 17.4. The molecule has 0 aliphatic carbocycles. The van der Waals surface area contributed by atoms with Crippen LogP contribution in [0.5, 0.6) is 5.75 Å². The van der Waals surface area contributed by atoms with Crippen molar-refractivity contribution in [2.24, 2.45) is 0 Å². The lowest BCUT2D eigenvalue weighted by Gasteiger charge is -2.19. The number of methoxy groups -OCH3 is 1. The van der Waals surface area contributed by atoms with E-state index in [1.54, 1.807) is 7.11 Å². The molecule has 1 saturated heterocycles. The monoisotopic (exact) mass is 357 g/mol. The molecule has 0 saturated carbocycles. The van der Waals surface area contributed by atoms with Gasteiger partial charge in [0.1, 0.15) is 18.4 Å². The summed E-state index contributed by atoms with van der Waals surface area (Å²) < 4.78 is 10.2. The molecule has 0 N–H and O–H groups in total. The number of amides is 2. The Morgan fingerprint density at radius 2 is 1.92 bits per heavy atom. The minimum atomic E-state index is -0.566. The molecule has 130 valence electrons. The molecule has 3 rings (SSSR count). The number of hydrogen-bond acceptors (Lipinski definition) is 5. The van der Waals surface area contributed by atoms with E-state index < -0.39 is 6.09 Å². The van der Waals surface area contributed by atoms with Gasteiger partial charge < -0.3 is 9.47 Å². The van der Waals surface area contributed by atoms with E-state index in [1.165, 1.54) is 16.7 Å². The molecule has 1 aliphatic heterocycles. The van der Waals surface area contributed by atoms with Crippen molar-refractivity contribution in [1.29, 1.82) is 0 Å². The summed E-state index contributed by atoms with van der Waals surface area (Å²) in [6.07, 6.45) is -0.566. The van der Waals surface area contributed by atoms with Gasteiger partial charge in [-0.3, -0.25) is 4.79 Å². The molecule has 1 atom stereocenters. The predicted molar refractivity (Wildman–Crippen MR) is 96.5 cm³/mol. The number of thioether (sulfide) groups is 1. The summed E-state index contributed by atoms with van der Waals surface area (Å²) in [7, 11) is 1.63. The van der Waals surface area contributed by atoms with Crippen LogP contribution in [-0.2, 0) is 15.3 Å². The maximum absolute atomic E-state index is 12.5. The van der Waals surface area contributed by atoms with E-state index in [0.717, 1.165) is 16.9 Å². The first-order chi connectivity index (χ1) is 12.2. The maximum Gasteiger partial charge on any atom is 0.417 e. The van der Waals surface area contributed by atoms with E-state index in [-0.39, 0.29) is 24.3 Å². The minimum absolute atomic E-state index is 0.206. The number of hydrogen-bond donors (Lipinski definition) is 0. The Kier molecular flexibility index (Phi) is 5.60. The Bertz CT molecular complexity index is 733. The average Bonchev–Trinajstić information content (AvgIpc) is 3.04. The van der Waals surface area contributed by atoms with Gasteiger partial charge in [-0.05, 0) is 23.3 Å². The van der Waals surface area contributed by atoms with Gasteiger partial charge in [-0.15, -0.1) is 11.8 Å². The zero-order valence-electron chi connectivity index (χ0n) is 13.9. The molecule has 0 spiro atoms. The minimum Gasteiger partial charge on any atom is -0.497 e. The second kappa shape index (κ2) is 8.07. The quantitative estimate of drug-likeness (QED) is 0.790. The summed E-state index contributed by atoms with van der Waals surface area (Å²) >= 11 is 1.47. The third kappa shape index (κ3) is 4.14. The number of carbonyl (C=O) groups is 2. The van der Waals surface area contributed by atoms with Crippen LogP contribution >= 0.6 is 11.8 Å². The van der Waals surface area contributed by atoms with E-state index in [2.05, 4.69) is 0 Å². The summed E-state index contributed by atoms with van der Waals surface area (Å²) in [4.78, 5) is 25.7. The summed E-state index contributed by atoms with van der Waals surface area (Å²) in [5.74, 6) is 1.49. The van der Waals surface area contributed by atoms with Crippen LogP contribution in [0.2, 0.25) is 0 Å². The van der Waals surface area contributed by atoms with Crippen molar-refractivity contribution >= 4 is 23.8 Å². The van der Waals surface area contributed by atoms with Crippen LogP contribution in [0.25, 0.3) is 0 Å². The van der Waals surface area contributed by atoms with Crippen LogP contribution < -0.4 is 4.74 Å². The Labute approximate surface area is 150 Å². The molecule has 1 heterocycles. The Hall–Kier alpha value is -2.47. The van der Waals surface area contributed by atoms with Crippen LogP contribution in [0, 0.1) is 0 Å². The van der Waals surface area contributed by atoms with Crippen LogP contribution in [0.3, 0.4) is 0 Å². The van der Waals surface area contributed by atoms with Crippen molar-refractivity contribution in [2.75, 3.05) is 19.5 Å². The number of rotatable bonds is 6. The summed E-state index contributed by atoms with van der Waals surface area (Å²) in [6.45, 7) is 0.206. The van der Waals surface area contributed by atoms with Gasteiger partial charge in [0.15, 0.2) is 0 Å². The van der Waals surface area contributed by atoms with Gasteiger partial charge in [-0.2, -0.15) is 0 Å².